The van der Waals surface area contributed by atoms with Gasteiger partial charge in [-0.15, -0.1) is 0 Å². The number of amides is 3. The number of anilines is 1. The van der Waals surface area contributed by atoms with Crippen molar-refractivity contribution in [2.75, 3.05) is 4.90 Å². The van der Waals surface area contributed by atoms with E-state index in [4.69, 9.17) is 0 Å². The molecule has 3 aromatic rings. The Bertz CT molecular complexity index is 1230. The monoisotopic (exact) mass is 478 g/mol. The van der Waals surface area contributed by atoms with E-state index in [1.54, 1.807) is 4.90 Å². The third-order valence-corrected chi connectivity index (χ3v) is 8.35. The molecule has 1 saturated heterocycles. The smallest absolute Gasteiger partial charge is 0.250 e. The normalized spacial score (nSPS) is 25.2. The molecule has 1 heterocycles. The van der Waals surface area contributed by atoms with Gasteiger partial charge < -0.3 is 4.90 Å². The molecule has 0 radical (unpaired) electrons. The van der Waals surface area contributed by atoms with E-state index in [1.165, 1.54) is 4.90 Å². The van der Waals surface area contributed by atoms with Gasteiger partial charge in [0.05, 0.1) is 18.4 Å². The molecule has 36 heavy (non-hydrogen) atoms. The highest BCUT2D eigenvalue weighted by molar-refractivity contribution is 6.11. The summed E-state index contributed by atoms with van der Waals surface area (Å²) in [6.07, 6.45) is 3.31. The van der Waals surface area contributed by atoms with Crippen molar-refractivity contribution in [3.63, 3.8) is 0 Å². The second-order valence-corrected chi connectivity index (χ2v) is 10.4. The molecule has 0 N–H and O–H groups in total. The Kier molecular flexibility index (Phi) is 5.92. The van der Waals surface area contributed by atoms with E-state index >= 15 is 0 Å². The standard InChI is InChI=1S/C31H30N2O3/c34-29(32(25-14-8-3-9-15-25)20-22-12-6-2-7-13-22)26(18-21-10-4-1-5-11-21)33-30(35)27-23-16-17-24(19-23)28(27)31(33)36/h1-15,23-24,26-28H,16-20H2. The lowest BCUT2D eigenvalue weighted by atomic mass is 9.81. The molecular formula is C31H30N2O3. The highest BCUT2D eigenvalue weighted by Crippen LogP contribution is 2.56. The highest BCUT2D eigenvalue weighted by atomic mass is 16.2. The van der Waals surface area contributed by atoms with Gasteiger partial charge in [-0.05, 0) is 54.4 Å². The number of likely N-dealkylation sites (tertiary alicyclic amines) is 1. The van der Waals surface area contributed by atoms with Gasteiger partial charge in [0, 0.05) is 12.1 Å². The second-order valence-electron chi connectivity index (χ2n) is 10.4. The van der Waals surface area contributed by atoms with Gasteiger partial charge in [0.2, 0.25) is 11.8 Å². The van der Waals surface area contributed by atoms with Gasteiger partial charge in [0.25, 0.3) is 5.91 Å². The number of hydrogen-bond donors (Lipinski definition) is 0. The van der Waals surface area contributed by atoms with Gasteiger partial charge >= 0.3 is 0 Å². The number of fused-ring (bicyclic) bond motifs is 5. The number of carbonyl (C=O) groups is 3. The van der Waals surface area contributed by atoms with E-state index in [0.717, 1.165) is 36.1 Å². The van der Waals surface area contributed by atoms with Crippen molar-refractivity contribution in [1.82, 2.24) is 4.90 Å². The summed E-state index contributed by atoms with van der Waals surface area (Å²) < 4.78 is 0. The molecule has 0 aromatic heterocycles. The summed E-state index contributed by atoms with van der Waals surface area (Å²) in [5.41, 5.74) is 2.68. The fraction of sp³-hybridized carbons (Fsp3) is 0.323. The Labute approximate surface area is 211 Å². The molecule has 3 aliphatic rings. The van der Waals surface area contributed by atoms with Gasteiger partial charge in [-0.2, -0.15) is 0 Å². The lowest BCUT2D eigenvalue weighted by Crippen LogP contribution is -2.53. The molecule has 2 bridgehead atoms. The summed E-state index contributed by atoms with van der Waals surface area (Å²) in [7, 11) is 0. The fourth-order valence-electron chi connectivity index (χ4n) is 6.72. The Morgan fingerprint density at radius 2 is 1.25 bits per heavy atom. The van der Waals surface area contributed by atoms with E-state index < -0.39 is 6.04 Å². The largest absolute Gasteiger partial charge is 0.306 e. The van der Waals surface area contributed by atoms with Crippen molar-refractivity contribution >= 4 is 23.4 Å². The number of benzene rings is 3. The molecule has 5 nitrogen and oxygen atoms in total. The maximum atomic E-state index is 14.4. The van der Waals surface area contributed by atoms with E-state index in [1.807, 2.05) is 91.0 Å². The molecule has 2 aliphatic carbocycles. The van der Waals surface area contributed by atoms with Crippen LogP contribution in [0.2, 0.25) is 0 Å². The van der Waals surface area contributed by atoms with Crippen LogP contribution in [0.3, 0.4) is 0 Å². The van der Waals surface area contributed by atoms with Crippen molar-refractivity contribution in [2.24, 2.45) is 23.7 Å². The number of carbonyl (C=O) groups excluding carboxylic acids is 3. The van der Waals surface area contributed by atoms with Crippen LogP contribution < -0.4 is 4.90 Å². The second kappa shape index (κ2) is 9.38. The molecular weight excluding hydrogens is 448 g/mol. The molecule has 3 fully saturated rings. The van der Waals surface area contributed by atoms with Crippen molar-refractivity contribution in [3.05, 3.63) is 102 Å². The van der Waals surface area contributed by atoms with Crippen LogP contribution in [0, 0.1) is 23.7 Å². The minimum Gasteiger partial charge on any atom is -0.306 e. The van der Waals surface area contributed by atoms with Crippen LogP contribution in [0.1, 0.15) is 30.4 Å². The molecule has 0 spiro atoms. The summed E-state index contributed by atoms with van der Waals surface area (Å²) in [5, 5.41) is 0. The quantitative estimate of drug-likeness (QED) is 0.456. The molecule has 6 rings (SSSR count). The van der Waals surface area contributed by atoms with Crippen LogP contribution in [-0.4, -0.2) is 28.7 Å². The molecule has 2 saturated carbocycles. The highest BCUT2D eigenvalue weighted by Gasteiger charge is 2.62. The van der Waals surface area contributed by atoms with Crippen molar-refractivity contribution in [1.29, 1.82) is 0 Å². The Morgan fingerprint density at radius 3 is 1.81 bits per heavy atom. The van der Waals surface area contributed by atoms with E-state index in [0.29, 0.717) is 13.0 Å². The summed E-state index contributed by atoms with van der Waals surface area (Å²) in [6.45, 7) is 0.364. The molecule has 5 unspecified atom stereocenters. The third-order valence-electron chi connectivity index (χ3n) is 8.35. The Hall–Kier alpha value is -3.73. The fourth-order valence-corrected chi connectivity index (χ4v) is 6.72. The van der Waals surface area contributed by atoms with Gasteiger partial charge in [-0.25, -0.2) is 0 Å². The van der Waals surface area contributed by atoms with Gasteiger partial charge in [-0.1, -0.05) is 78.9 Å². The zero-order valence-electron chi connectivity index (χ0n) is 20.2. The number of rotatable bonds is 7. The number of hydrogen-bond acceptors (Lipinski definition) is 3. The zero-order chi connectivity index (χ0) is 24.6. The number of imide groups is 1. The predicted molar refractivity (Wildman–Crippen MR) is 138 cm³/mol. The van der Waals surface area contributed by atoms with Crippen molar-refractivity contribution in [2.45, 2.75) is 38.3 Å². The maximum Gasteiger partial charge on any atom is 0.250 e. The number of para-hydroxylation sites is 1. The Morgan fingerprint density at radius 1 is 0.750 bits per heavy atom. The molecule has 5 heteroatoms. The van der Waals surface area contributed by atoms with Crippen LogP contribution in [-0.2, 0) is 27.3 Å². The third kappa shape index (κ3) is 3.93. The average molecular weight is 479 g/mol. The average Bonchev–Trinajstić information content (AvgIpc) is 3.61. The van der Waals surface area contributed by atoms with Gasteiger partial charge in [0.15, 0.2) is 0 Å². The molecule has 182 valence electrons. The van der Waals surface area contributed by atoms with Crippen LogP contribution in [0.15, 0.2) is 91.0 Å². The van der Waals surface area contributed by atoms with E-state index in [-0.39, 0.29) is 41.4 Å². The lowest BCUT2D eigenvalue weighted by molar-refractivity contribution is -0.148. The summed E-state index contributed by atoms with van der Waals surface area (Å²) >= 11 is 0. The van der Waals surface area contributed by atoms with E-state index in [2.05, 4.69) is 0 Å². The number of nitrogens with zero attached hydrogens (tertiary/aromatic N) is 2. The molecule has 3 aromatic carbocycles. The SMILES string of the molecule is O=C(C(Cc1ccccc1)N1C(=O)C2C3CCC(C3)C2C1=O)N(Cc1ccccc1)c1ccccc1. The van der Waals surface area contributed by atoms with Crippen molar-refractivity contribution in [3.8, 4) is 0 Å². The summed E-state index contributed by atoms with van der Waals surface area (Å²) in [5.74, 6) is -0.434. The first kappa shape index (κ1) is 22.7. The van der Waals surface area contributed by atoms with E-state index in [9.17, 15) is 14.4 Å². The zero-order valence-corrected chi connectivity index (χ0v) is 20.2. The first-order valence-electron chi connectivity index (χ1n) is 12.9. The van der Waals surface area contributed by atoms with Gasteiger partial charge in [-0.3, -0.25) is 19.3 Å². The first-order valence-corrected chi connectivity index (χ1v) is 12.9. The lowest BCUT2D eigenvalue weighted by Gasteiger charge is -2.32. The predicted octanol–water partition coefficient (Wildman–Crippen LogP) is 4.86. The van der Waals surface area contributed by atoms with Crippen molar-refractivity contribution < 1.29 is 14.4 Å². The molecule has 5 atom stereocenters. The van der Waals surface area contributed by atoms with Gasteiger partial charge in [0.1, 0.15) is 6.04 Å². The van der Waals surface area contributed by atoms with Crippen LogP contribution >= 0.6 is 0 Å². The Balaban J connectivity index is 1.39. The minimum atomic E-state index is -0.874. The van der Waals surface area contributed by atoms with Crippen LogP contribution in [0.25, 0.3) is 0 Å². The molecule has 1 aliphatic heterocycles. The summed E-state index contributed by atoms with van der Waals surface area (Å²) in [4.78, 5) is 45.0. The minimum absolute atomic E-state index is 0.140. The first-order chi connectivity index (χ1) is 17.6. The molecule has 3 amide bonds. The van der Waals surface area contributed by atoms with Crippen LogP contribution in [0.5, 0.6) is 0 Å². The topological polar surface area (TPSA) is 57.7 Å². The summed E-state index contributed by atoms with van der Waals surface area (Å²) in [6, 6.07) is 28.2. The van der Waals surface area contributed by atoms with Crippen LogP contribution in [0.4, 0.5) is 5.69 Å². The maximum absolute atomic E-state index is 14.4.